The molecule has 6 nitrogen and oxygen atoms in total. The first-order valence-corrected chi connectivity index (χ1v) is 11.9. The van der Waals surface area contributed by atoms with E-state index in [0.29, 0.717) is 6.04 Å². The molecule has 0 amide bonds. The van der Waals surface area contributed by atoms with Crippen LogP contribution in [0.5, 0.6) is 11.5 Å². The SMILES string of the molecule is Cn1nccc1-c1cc(Oc2ccc3nc(NC4CCc5ccccc5C4)sc3c2)ccn1. The zero-order chi connectivity index (χ0) is 22.2. The van der Waals surface area contributed by atoms with Crippen molar-refractivity contribution < 1.29 is 4.74 Å². The number of thiazole rings is 1. The first-order chi connectivity index (χ1) is 16.2. The van der Waals surface area contributed by atoms with Crippen LogP contribution in [-0.4, -0.2) is 25.8 Å². The summed E-state index contributed by atoms with van der Waals surface area (Å²) in [5.74, 6) is 1.52. The molecule has 2 aromatic carbocycles. The average molecular weight is 454 g/mol. The van der Waals surface area contributed by atoms with Gasteiger partial charge in [-0.15, -0.1) is 0 Å². The van der Waals surface area contributed by atoms with Gasteiger partial charge in [-0.25, -0.2) is 4.98 Å². The minimum atomic E-state index is 0.415. The monoisotopic (exact) mass is 453 g/mol. The van der Waals surface area contributed by atoms with Gasteiger partial charge in [0.1, 0.15) is 11.5 Å². The van der Waals surface area contributed by atoms with E-state index in [4.69, 9.17) is 9.72 Å². The fraction of sp³-hybridized carbons (Fsp3) is 0.192. The van der Waals surface area contributed by atoms with Crippen molar-refractivity contribution in [3.05, 3.63) is 84.2 Å². The van der Waals surface area contributed by atoms with E-state index in [2.05, 4.69) is 45.7 Å². The lowest BCUT2D eigenvalue weighted by molar-refractivity contribution is 0.483. The number of benzene rings is 2. The van der Waals surface area contributed by atoms with E-state index in [-0.39, 0.29) is 0 Å². The van der Waals surface area contributed by atoms with Gasteiger partial charge in [0, 0.05) is 37.6 Å². The van der Waals surface area contributed by atoms with Gasteiger partial charge in [-0.3, -0.25) is 9.67 Å². The summed E-state index contributed by atoms with van der Waals surface area (Å²) in [4.78, 5) is 9.25. The average Bonchev–Trinajstić information content (AvgIpc) is 3.44. The molecular weight excluding hydrogens is 430 g/mol. The van der Waals surface area contributed by atoms with Crippen molar-refractivity contribution >= 4 is 26.7 Å². The number of anilines is 1. The Bertz CT molecular complexity index is 1440. The number of aryl methyl sites for hydroxylation is 2. The van der Waals surface area contributed by atoms with Crippen molar-refractivity contribution in [3.63, 3.8) is 0 Å². The van der Waals surface area contributed by atoms with E-state index in [0.717, 1.165) is 57.5 Å². The molecule has 1 atom stereocenters. The lowest BCUT2D eigenvalue weighted by atomic mass is 9.88. The maximum absolute atomic E-state index is 6.15. The third-order valence-electron chi connectivity index (χ3n) is 6.08. The maximum atomic E-state index is 6.15. The van der Waals surface area contributed by atoms with Crippen molar-refractivity contribution in [3.8, 4) is 22.9 Å². The molecule has 3 aromatic heterocycles. The van der Waals surface area contributed by atoms with Gasteiger partial charge >= 0.3 is 0 Å². The molecule has 1 aliphatic rings. The summed E-state index contributed by atoms with van der Waals surface area (Å²) < 4.78 is 9.06. The third-order valence-corrected chi connectivity index (χ3v) is 7.03. The molecule has 0 spiro atoms. The number of nitrogens with one attached hydrogen (secondary N) is 1. The van der Waals surface area contributed by atoms with E-state index >= 15 is 0 Å². The van der Waals surface area contributed by atoms with E-state index < -0.39 is 0 Å². The summed E-state index contributed by atoms with van der Waals surface area (Å²) in [6.45, 7) is 0. The van der Waals surface area contributed by atoms with Crippen LogP contribution in [0, 0.1) is 0 Å². The normalized spacial score (nSPS) is 15.4. The Labute approximate surface area is 195 Å². The zero-order valence-electron chi connectivity index (χ0n) is 18.2. The molecule has 164 valence electrons. The lowest BCUT2D eigenvalue weighted by Gasteiger charge is -2.25. The topological polar surface area (TPSA) is 64.9 Å². The fourth-order valence-corrected chi connectivity index (χ4v) is 5.37. The highest BCUT2D eigenvalue weighted by Gasteiger charge is 2.19. The minimum Gasteiger partial charge on any atom is -0.457 e. The Morgan fingerprint density at radius 2 is 1.88 bits per heavy atom. The highest BCUT2D eigenvalue weighted by atomic mass is 32.1. The molecule has 1 aliphatic carbocycles. The second kappa shape index (κ2) is 8.33. The van der Waals surface area contributed by atoms with Crippen LogP contribution < -0.4 is 10.1 Å². The van der Waals surface area contributed by atoms with E-state index in [1.54, 1.807) is 28.4 Å². The van der Waals surface area contributed by atoms with Crippen LogP contribution >= 0.6 is 11.3 Å². The first-order valence-electron chi connectivity index (χ1n) is 11.1. The highest BCUT2D eigenvalue weighted by Crippen LogP contribution is 2.33. The predicted molar refractivity (Wildman–Crippen MR) is 132 cm³/mol. The first kappa shape index (κ1) is 19.9. The van der Waals surface area contributed by atoms with E-state index in [1.165, 1.54) is 11.1 Å². The van der Waals surface area contributed by atoms with Gasteiger partial charge in [0.15, 0.2) is 5.13 Å². The van der Waals surface area contributed by atoms with Crippen molar-refractivity contribution in [1.82, 2.24) is 19.7 Å². The molecule has 6 rings (SSSR count). The number of rotatable bonds is 5. The molecule has 0 bridgehead atoms. The summed E-state index contributed by atoms with van der Waals surface area (Å²) in [6, 6.07) is 20.9. The summed E-state index contributed by atoms with van der Waals surface area (Å²) >= 11 is 1.67. The van der Waals surface area contributed by atoms with Gasteiger partial charge in [-0.1, -0.05) is 35.6 Å². The molecule has 0 saturated heterocycles. The van der Waals surface area contributed by atoms with Crippen molar-refractivity contribution in [2.45, 2.75) is 25.3 Å². The molecule has 33 heavy (non-hydrogen) atoms. The maximum Gasteiger partial charge on any atom is 0.184 e. The summed E-state index contributed by atoms with van der Waals surface area (Å²) in [6.07, 6.45) is 6.81. The van der Waals surface area contributed by atoms with Crippen LogP contribution in [0.1, 0.15) is 17.5 Å². The quantitative estimate of drug-likeness (QED) is 0.361. The highest BCUT2D eigenvalue weighted by molar-refractivity contribution is 7.22. The van der Waals surface area contributed by atoms with Crippen LogP contribution in [0.25, 0.3) is 21.6 Å². The van der Waals surface area contributed by atoms with Crippen LogP contribution in [-0.2, 0) is 19.9 Å². The number of pyridine rings is 1. The van der Waals surface area contributed by atoms with Gasteiger partial charge in [0.2, 0.25) is 0 Å². The van der Waals surface area contributed by atoms with Gasteiger partial charge in [-0.05, 0) is 54.7 Å². The molecule has 0 saturated carbocycles. The van der Waals surface area contributed by atoms with Crippen LogP contribution in [0.2, 0.25) is 0 Å². The molecule has 1 N–H and O–H groups in total. The Balaban J connectivity index is 1.19. The molecule has 0 fully saturated rings. The zero-order valence-corrected chi connectivity index (χ0v) is 19.0. The largest absolute Gasteiger partial charge is 0.457 e. The number of hydrogen-bond donors (Lipinski definition) is 1. The lowest BCUT2D eigenvalue weighted by Crippen LogP contribution is -2.27. The van der Waals surface area contributed by atoms with E-state index in [1.807, 2.05) is 37.4 Å². The number of ether oxygens (including phenoxy) is 1. The molecule has 0 radical (unpaired) electrons. The predicted octanol–water partition coefficient (Wildman–Crippen LogP) is 5.85. The van der Waals surface area contributed by atoms with Gasteiger partial charge in [0.05, 0.1) is 21.6 Å². The third kappa shape index (κ3) is 4.07. The van der Waals surface area contributed by atoms with E-state index in [9.17, 15) is 0 Å². The minimum absolute atomic E-state index is 0.415. The van der Waals surface area contributed by atoms with Gasteiger partial charge in [0.25, 0.3) is 0 Å². The fourth-order valence-electron chi connectivity index (χ4n) is 4.40. The van der Waals surface area contributed by atoms with Crippen molar-refractivity contribution in [1.29, 1.82) is 0 Å². The Hall–Kier alpha value is -3.71. The Morgan fingerprint density at radius 3 is 2.76 bits per heavy atom. The summed E-state index contributed by atoms with van der Waals surface area (Å²) in [5, 5.41) is 8.85. The Morgan fingerprint density at radius 1 is 1.00 bits per heavy atom. The standard InChI is InChI=1S/C26H23N5OS/c1-31-24(11-13-28-31)23-15-21(10-12-27-23)32-20-8-9-22-25(16-20)33-26(30-22)29-19-7-6-17-4-2-3-5-18(17)14-19/h2-5,8-13,15-16,19H,6-7,14H2,1H3,(H,29,30). The smallest absolute Gasteiger partial charge is 0.184 e. The number of nitrogens with zero attached hydrogens (tertiary/aromatic N) is 4. The number of fused-ring (bicyclic) bond motifs is 2. The number of hydrogen-bond acceptors (Lipinski definition) is 6. The van der Waals surface area contributed by atoms with Gasteiger partial charge < -0.3 is 10.1 Å². The molecule has 0 aliphatic heterocycles. The molecule has 3 heterocycles. The van der Waals surface area contributed by atoms with Crippen LogP contribution in [0.4, 0.5) is 5.13 Å². The second-order valence-electron chi connectivity index (χ2n) is 8.32. The molecular formula is C26H23N5OS. The molecule has 5 aromatic rings. The van der Waals surface area contributed by atoms with Crippen LogP contribution in [0.3, 0.4) is 0 Å². The van der Waals surface area contributed by atoms with Gasteiger partial charge in [-0.2, -0.15) is 5.10 Å². The molecule has 1 unspecified atom stereocenters. The van der Waals surface area contributed by atoms with Crippen LogP contribution in [0.15, 0.2) is 73.1 Å². The summed E-state index contributed by atoms with van der Waals surface area (Å²) in [7, 11) is 1.90. The Kier molecular flexibility index (Phi) is 5.03. The second-order valence-corrected chi connectivity index (χ2v) is 9.35. The summed E-state index contributed by atoms with van der Waals surface area (Å²) in [5.41, 5.74) is 5.67. The van der Waals surface area contributed by atoms with Crippen molar-refractivity contribution in [2.24, 2.45) is 7.05 Å². The van der Waals surface area contributed by atoms with Crippen molar-refractivity contribution in [2.75, 3.05) is 5.32 Å². The molecule has 7 heteroatoms. The number of aromatic nitrogens is 4.